The van der Waals surface area contributed by atoms with Crippen molar-refractivity contribution in [1.29, 1.82) is 0 Å². The molecule has 6 aromatic carbocycles. The Hall–Kier alpha value is -2.28. The van der Waals surface area contributed by atoms with E-state index < -0.39 is 0 Å². The van der Waals surface area contributed by atoms with Gasteiger partial charge in [0.1, 0.15) is 0 Å². The van der Waals surface area contributed by atoms with Crippen molar-refractivity contribution in [2.45, 2.75) is 0 Å². The SMILES string of the molecule is Clc1ccc2c3ccc(Cl)c4ccc5ccc6ccc1c2c6c5c43. The van der Waals surface area contributed by atoms with E-state index in [0.717, 1.165) is 20.8 Å². The first-order chi connectivity index (χ1) is 11.7. The van der Waals surface area contributed by atoms with Gasteiger partial charge in [-0.1, -0.05) is 71.7 Å². The van der Waals surface area contributed by atoms with Crippen molar-refractivity contribution in [2.75, 3.05) is 0 Å². The van der Waals surface area contributed by atoms with Crippen LogP contribution in [0.5, 0.6) is 0 Å². The van der Waals surface area contributed by atoms with E-state index in [2.05, 4.69) is 48.5 Å². The normalized spacial score (nSPS) is 12.6. The summed E-state index contributed by atoms with van der Waals surface area (Å²) in [7, 11) is 0. The highest BCUT2D eigenvalue weighted by atomic mass is 35.5. The molecule has 0 amide bonds. The standard InChI is InChI=1S/C22H10Cl2/c23-17-9-7-13-14-8-10-18(24)16-6-4-12-2-1-11-3-5-15(17)21(13)19(11)20(12)22(14)16/h1-10H. The summed E-state index contributed by atoms with van der Waals surface area (Å²) >= 11 is 13.0. The predicted octanol–water partition coefficient (Wildman–Crippen LogP) is 7.64. The van der Waals surface area contributed by atoms with Gasteiger partial charge in [0.2, 0.25) is 0 Å². The molecule has 0 aliphatic carbocycles. The molecule has 6 rings (SSSR count). The highest BCUT2D eigenvalue weighted by Crippen LogP contribution is 2.47. The average Bonchev–Trinajstić information content (AvgIpc) is 2.62. The van der Waals surface area contributed by atoms with Gasteiger partial charge in [0.15, 0.2) is 0 Å². The molecule has 0 heterocycles. The number of rotatable bonds is 0. The minimum Gasteiger partial charge on any atom is -0.0837 e. The number of halogens is 2. The van der Waals surface area contributed by atoms with Crippen molar-refractivity contribution in [1.82, 2.24) is 0 Å². The molecular formula is C22H10Cl2. The van der Waals surface area contributed by atoms with E-state index in [9.17, 15) is 0 Å². The zero-order chi connectivity index (χ0) is 16.0. The lowest BCUT2D eigenvalue weighted by molar-refractivity contribution is 1.79. The molecule has 0 aromatic heterocycles. The summed E-state index contributed by atoms with van der Waals surface area (Å²) in [6.45, 7) is 0. The van der Waals surface area contributed by atoms with E-state index in [-0.39, 0.29) is 0 Å². The Labute approximate surface area is 147 Å². The highest BCUT2D eigenvalue weighted by Gasteiger charge is 2.18. The first-order valence-electron chi connectivity index (χ1n) is 7.93. The Morgan fingerprint density at radius 2 is 0.750 bits per heavy atom. The fraction of sp³-hybridized carbons (Fsp3) is 0. The van der Waals surface area contributed by atoms with Gasteiger partial charge >= 0.3 is 0 Å². The Morgan fingerprint density at radius 1 is 0.375 bits per heavy atom. The van der Waals surface area contributed by atoms with Gasteiger partial charge in [-0.15, -0.1) is 0 Å². The average molecular weight is 345 g/mol. The molecule has 0 unspecified atom stereocenters. The lowest BCUT2D eigenvalue weighted by Crippen LogP contribution is -1.90. The summed E-state index contributed by atoms with van der Waals surface area (Å²) in [5.74, 6) is 0. The lowest BCUT2D eigenvalue weighted by Gasteiger charge is -2.18. The largest absolute Gasteiger partial charge is 0.0837 e. The maximum absolute atomic E-state index is 6.51. The van der Waals surface area contributed by atoms with Crippen molar-refractivity contribution in [2.24, 2.45) is 0 Å². The van der Waals surface area contributed by atoms with E-state index in [1.807, 2.05) is 12.1 Å². The van der Waals surface area contributed by atoms with E-state index in [1.165, 1.54) is 43.1 Å². The summed E-state index contributed by atoms with van der Waals surface area (Å²) in [6, 6.07) is 21.3. The van der Waals surface area contributed by atoms with Crippen molar-refractivity contribution in [3.8, 4) is 0 Å². The molecule has 0 N–H and O–H groups in total. The van der Waals surface area contributed by atoms with Crippen LogP contribution in [0.15, 0.2) is 60.7 Å². The van der Waals surface area contributed by atoms with E-state index in [1.54, 1.807) is 0 Å². The van der Waals surface area contributed by atoms with Gasteiger partial charge in [-0.25, -0.2) is 0 Å². The second-order valence-corrected chi connectivity index (χ2v) is 7.24. The van der Waals surface area contributed by atoms with Gasteiger partial charge in [-0.3, -0.25) is 0 Å². The second-order valence-electron chi connectivity index (χ2n) is 6.43. The molecule has 0 fully saturated rings. The lowest BCUT2D eigenvalue weighted by atomic mass is 9.86. The summed E-state index contributed by atoms with van der Waals surface area (Å²) in [4.78, 5) is 0. The van der Waals surface area contributed by atoms with Crippen LogP contribution < -0.4 is 0 Å². The third-order valence-electron chi connectivity index (χ3n) is 5.30. The molecule has 24 heavy (non-hydrogen) atoms. The molecule has 0 saturated heterocycles. The minimum absolute atomic E-state index is 0.803. The fourth-order valence-corrected chi connectivity index (χ4v) is 4.74. The van der Waals surface area contributed by atoms with Crippen molar-refractivity contribution in [3.63, 3.8) is 0 Å². The van der Waals surface area contributed by atoms with Gasteiger partial charge in [0.05, 0.1) is 0 Å². The molecule has 0 spiro atoms. The van der Waals surface area contributed by atoms with Crippen LogP contribution in [0.25, 0.3) is 53.9 Å². The van der Waals surface area contributed by atoms with Crippen molar-refractivity contribution in [3.05, 3.63) is 70.7 Å². The Kier molecular flexibility index (Phi) is 2.29. The Balaban J connectivity index is 2.17. The van der Waals surface area contributed by atoms with Gasteiger partial charge in [0.25, 0.3) is 0 Å². The van der Waals surface area contributed by atoms with Gasteiger partial charge in [-0.2, -0.15) is 0 Å². The van der Waals surface area contributed by atoms with E-state index in [4.69, 9.17) is 23.2 Å². The zero-order valence-electron chi connectivity index (χ0n) is 12.5. The third-order valence-corrected chi connectivity index (χ3v) is 5.96. The third kappa shape index (κ3) is 1.38. The molecule has 2 heteroatoms. The van der Waals surface area contributed by atoms with Crippen LogP contribution >= 0.6 is 23.2 Å². The van der Waals surface area contributed by atoms with Gasteiger partial charge < -0.3 is 0 Å². The van der Waals surface area contributed by atoms with Crippen LogP contribution in [0.3, 0.4) is 0 Å². The van der Waals surface area contributed by atoms with Crippen LogP contribution in [0, 0.1) is 0 Å². The summed E-state index contributed by atoms with van der Waals surface area (Å²) in [6.07, 6.45) is 0. The molecule has 6 aromatic rings. The Morgan fingerprint density at radius 3 is 1.21 bits per heavy atom. The van der Waals surface area contributed by atoms with Crippen LogP contribution in [0.1, 0.15) is 0 Å². The summed E-state index contributed by atoms with van der Waals surface area (Å²) in [5.41, 5.74) is 0. The topological polar surface area (TPSA) is 0 Å². The molecule has 0 atom stereocenters. The van der Waals surface area contributed by atoms with Crippen molar-refractivity contribution >= 4 is 77.1 Å². The maximum atomic E-state index is 6.51. The monoisotopic (exact) mass is 344 g/mol. The van der Waals surface area contributed by atoms with E-state index in [0.29, 0.717) is 0 Å². The molecule has 112 valence electrons. The Bertz CT molecular complexity index is 1300. The molecule has 0 aliphatic heterocycles. The predicted molar refractivity (Wildman–Crippen MR) is 106 cm³/mol. The summed E-state index contributed by atoms with van der Waals surface area (Å²) < 4.78 is 0. The van der Waals surface area contributed by atoms with Gasteiger partial charge in [0, 0.05) is 20.8 Å². The van der Waals surface area contributed by atoms with Crippen molar-refractivity contribution < 1.29 is 0 Å². The van der Waals surface area contributed by atoms with Crippen LogP contribution in [-0.4, -0.2) is 0 Å². The highest BCUT2D eigenvalue weighted by molar-refractivity contribution is 6.46. The van der Waals surface area contributed by atoms with Crippen LogP contribution in [0.2, 0.25) is 10.0 Å². The molecule has 0 saturated carbocycles. The maximum Gasteiger partial charge on any atom is 0.0485 e. The number of fused-ring (bicyclic) bond motifs is 1. The molecule has 0 bridgehead atoms. The smallest absolute Gasteiger partial charge is 0.0485 e. The van der Waals surface area contributed by atoms with Gasteiger partial charge in [-0.05, 0) is 55.2 Å². The minimum atomic E-state index is 0.803. The molecular weight excluding hydrogens is 335 g/mol. The fourth-order valence-electron chi connectivity index (χ4n) is 4.30. The molecule has 0 radical (unpaired) electrons. The van der Waals surface area contributed by atoms with Crippen LogP contribution in [0.4, 0.5) is 0 Å². The molecule has 0 nitrogen and oxygen atoms in total. The van der Waals surface area contributed by atoms with E-state index >= 15 is 0 Å². The first-order valence-corrected chi connectivity index (χ1v) is 8.69. The van der Waals surface area contributed by atoms with Crippen LogP contribution in [-0.2, 0) is 0 Å². The zero-order valence-corrected chi connectivity index (χ0v) is 14.0. The second kappa shape index (κ2) is 4.22. The number of hydrogen-bond acceptors (Lipinski definition) is 0. The number of benzene rings is 6. The number of hydrogen-bond donors (Lipinski definition) is 0. The first kappa shape index (κ1) is 13.1. The quantitative estimate of drug-likeness (QED) is 0.196. The summed E-state index contributed by atoms with van der Waals surface area (Å²) in [5, 5.41) is 13.9. The molecule has 0 aliphatic rings.